The number of hydrogen-bond donors (Lipinski definition) is 2. The molecule has 0 unspecified atom stereocenters. The van der Waals surface area contributed by atoms with Gasteiger partial charge in [-0.3, -0.25) is 19.2 Å². The number of ether oxygens (including phenoxy) is 2. The van der Waals surface area contributed by atoms with Crippen LogP contribution in [0.2, 0.25) is 0 Å². The number of imide groups is 2. The number of carbonyl (C=O) groups is 4. The van der Waals surface area contributed by atoms with Crippen LogP contribution in [0.3, 0.4) is 0 Å². The Hall–Kier alpha value is -7.20. The van der Waals surface area contributed by atoms with Gasteiger partial charge in [0.05, 0.1) is 47.8 Å². The Bertz CT molecular complexity index is 2490. The lowest BCUT2D eigenvalue weighted by Crippen LogP contribution is -2.29. The van der Waals surface area contributed by atoms with Crippen LogP contribution in [0.5, 0.6) is 11.5 Å². The molecule has 0 saturated heterocycles. The zero-order valence-corrected chi connectivity index (χ0v) is 28.0. The summed E-state index contributed by atoms with van der Waals surface area (Å²) in [6.07, 6.45) is 0. The molecule has 0 radical (unpaired) electrons. The van der Waals surface area contributed by atoms with E-state index in [2.05, 4.69) is 0 Å². The molecule has 0 aliphatic carbocycles. The van der Waals surface area contributed by atoms with Crippen molar-refractivity contribution in [2.75, 3.05) is 35.5 Å². The molecule has 2 heterocycles. The highest BCUT2D eigenvalue weighted by Gasteiger charge is 2.39. The summed E-state index contributed by atoms with van der Waals surface area (Å²) in [6, 6.07) is 35.0. The fourth-order valence-corrected chi connectivity index (χ4v) is 6.73. The van der Waals surface area contributed by atoms with Gasteiger partial charge in [0.2, 0.25) is 0 Å². The smallest absolute Gasteiger partial charge is 0.266 e. The molecule has 0 bridgehead atoms. The van der Waals surface area contributed by atoms with Crippen LogP contribution in [-0.2, 0) is 0 Å². The van der Waals surface area contributed by atoms with Crippen molar-refractivity contribution in [3.63, 3.8) is 0 Å². The molecule has 10 nitrogen and oxygen atoms in total. The molecule has 0 spiro atoms. The summed E-state index contributed by atoms with van der Waals surface area (Å²) in [5, 5.41) is 0. The van der Waals surface area contributed by atoms with E-state index in [0.717, 1.165) is 32.1 Å². The predicted molar refractivity (Wildman–Crippen MR) is 200 cm³/mol. The van der Waals surface area contributed by atoms with Gasteiger partial charge in [-0.15, -0.1) is 0 Å². The second-order valence-corrected chi connectivity index (χ2v) is 12.4. The number of methoxy groups -OCH3 is 2. The van der Waals surface area contributed by atoms with Gasteiger partial charge in [-0.25, -0.2) is 9.80 Å². The van der Waals surface area contributed by atoms with Crippen molar-refractivity contribution in [3.8, 4) is 44.9 Å². The molecule has 0 saturated carbocycles. The van der Waals surface area contributed by atoms with Crippen molar-refractivity contribution in [1.29, 1.82) is 0 Å². The van der Waals surface area contributed by atoms with Crippen molar-refractivity contribution in [1.82, 2.24) is 0 Å². The van der Waals surface area contributed by atoms with Crippen molar-refractivity contribution in [3.05, 3.63) is 144 Å². The summed E-state index contributed by atoms with van der Waals surface area (Å²) < 4.78 is 11.4. The lowest BCUT2D eigenvalue weighted by atomic mass is 10.00. The van der Waals surface area contributed by atoms with Crippen LogP contribution < -0.4 is 30.7 Å². The van der Waals surface area contributed by atoms with Crippen molar-refractivity contribution >= 4 is 46.4 Å². The SMILES string of the molecule is COc1cc(N2C(=O)c3ccc(-c4ccc(N)cc4)cc3C2=O)ccc1-c1ccc(N2C(=O)c3ccc(-c4ccc(N)cc4)cc3C2=O)c(OC)c1. The number of amides is 4. The van der Waals surface area contributed by atoms with E-state index in [9.17, 15) is 19.2 Å². The van der Waals surface area contributed by atoms with E-state index in [1.54, 1.807) is 97.1 Å². The Kier molecular flexibility index (Phi) is 7.57. The molecule has 4 amide bonds. The first-order chi connectivity index (χ1) is 25.2. The maximum atomic E-state index is 13.7. The first-order valence-corrected chi connectivity index (χ1v) is 16.3. The Balaban J connectivity index is 1.08. The normalized spacial score (nSPS) is 13.4. The molecule has 10 heteroatoms. The molecule has 0 atom stereocenters. The predicted octanol–water partition coefficient (Wildman–Crippen LogP) is 7.47. The number of carbonyl (C=O) groups excluding carboxylic acids is 4. The van der Waals surface area contributed by atoms with Crippen LogP contribution in [0.4, 0.5) is 22.7 Å². The molecule has 6 aromatic carbocycles. The summed E-state index contributed by atoms with van der Waals surface area (Å²) in [4.78, 5) is 56.7. The van der Waals surface area contributed by atoms with E-state index in [1.807, 2.05) is 24.3 Å². The van der Waals surface area contributed by atoms with Gasteiger partial charge in [0.1, 0.15) is 11.5 Å². The number of benzene rings is 6. The number of fused-ring (bicyclic) bond motifs is 2. The summed E-state index contributed by atoms with van der Waals surface area (Å²) in [7, 11) is 2.95. The lowest BCUT2D eigenvalue weighted by Gasteiger charge is -2.20. The third-order valence-electron chi connectivity index (χ3n) is 9.44. The third kappa shape index (κ3) is 5.12. The van der Waals surface area contributed by atoms with Crippen LogP contribution >= 0.6 is 0 Å². The van der Waals surface area contributed by atoms with E-state index in [1.165, 1.54) is 14.2 Å². The number of anilines is 4. The highest BCUT2D eigenvalue weighted by atomic mass is 16.5. The van der Waals surface area contributed by atoms with Crippen LogP contribution in [0, 0.1) is 0 Å². The van der Waals surface area contributed by atoms with Crippen LogP contribution in [-0.4, -0.2) is 37.8 Å². The van der Waals surface area contributed by atoms with E-state index in [4.69, 9.17) is 20.9 Å². The Labute approximate surface area is 298 Å². The molecule has 2 aliphatic rings. The molecular weight excluding hydrogens is 656 g/mol. The van der Waals surface area contributed by atoms with Gasteiger partial charge >= 0.3 is 0 Å². The standard InChI is InChI=1S/C42H30N4O6/c1-51-37-22-30(45-39(47)32-15-7-25(19-34(32)41(45)49)23-3-10-28(43)11-4-23)14-17-31(37)27-9-18-36(38(21-27)52-2)46-40(48)33-16-8-26(20-35(33)42(46)50)24-5-12-29(44)13-6-24/h3-22H,43-44H2,1-2H3. The fourth-order valence-electron chi connectivity index (χ4n) is 6.73. The van der Waals surface area contributed by atoms with Crippen LogP contribution in [0.25, 0.3) is 33.4 Å². The monoisotopic (exact) mass is 686 g/mol. The summed E-state index contributed by atoms with van der Waals surface area (Å²) in [5.74, 6) is -1.13. The molecule has 0 aromatic heterocycles. The average Bonchev–Trinajstić information content (AvgIpc) is 3.57. The molecule has 8 rings (SSSR count). The fraction of sp³-hybridized carbons (Fsp3) is 0.0476. The topological polar surface area (TPSA) is 145 Å². The minimum atomic E-state index is -0.466. The number of nitrogens with zero attached hydrogens (tertiary/aromatic N) is 2. The van der Waals surface area contributed by atoms with Gasteiger partial charge < -0.3 is 20.9 Å². The Morgan fingerprint density at radius 1 is 0.404 bits per heavy atom. The first kappa shape index (κ1) is 32.0. The van der Waals surface area contributed by atoms with Crippen LogP contribution in [0.15, 0.2) is 121 Å². The third-order valence-corrected chi connectivity index (χ3v) is 9.44. The second kappa shape index (κ2) is 12.3. The van der Waals surface area contributed by atoms with Gasteiger partial charge in [-0.2, -0.15) is 0 Å². The van der Waals surface area contributed by atoms with Gasteiger partial charge in [0, 0.05) is 23.0 Å². The lowest BCUT2D eigenvalue weighted by molar-refractivity contribution is 0.0910. The minimum Gasteiger partial charge on any atom is -0.496 e. The quantitative estimate of drug-likeness (QED) is 0.130. The van der Waals surface area contributed by atoms with Gasteiger partial charge in [-0.1, -0.05) is 42.5 Å². The summed E-state index contributed by atoms with van der Waals surface area (Å²) in [6.45, 7) is 0. The number of rotatable bonds is 7. The molecule has 52 heavy (non-hydrogen) atoms. The van der Waals surface area contributed by atoms with Crippen molar-refractivity contribution < 1.29 is 28.7 Å². The second-order valence-electron chi connectivity index (χ2n) is 12.4. The minimum absolute atomic E-state index is 0.284. The van der Waals surface area contributed by atoms with Gasteiger partial charge in [-0.05, 0) is 101 Å². The molecule has 6 aromatic rings. The van der Waals surface area contributed by atoms with E-state index in [-0.39, 0.29) is 17.0 Å². The highest BCUT2D eigenvalue weighted by Crippen LogP contribution is 2.42. The highest BCUT2D eigenvalue weighted by molar-refractivity contribution is 6.36. The van der Waals surface area contributed by atoms with E-state index in [0.29, 0.717) is 50.6 Å². The molecule has 4 N–H and O–H groups in total. The molecular formula is C42H30N4O6. The van der Waals surface area contributed by atoms with E-state index < -0.39 is 23.6 Å². The van der Waals surface area contributed by atoms with Gasteiger partial charge in [0.15, 0.2) is 0 Å². The molecule has 0 fully saturated rings. The van der Waals surface area contributed by atoms with E-state index >= 15 is 0 Å². The maximum absolute atomic E-state index is 13.7. The van der Waals surface area contributed by atoms with Crippen molar-refractivity contribution in [2.24, 2.45) is 0 Å². The van der Waals surface area contributed by atoms with Gasteiger partial charge in [0.25, 0.3) is 23.6 Å². The van der Waals surface area contributed by atoms with Crippen molar-refractivity contribution in [2.45, 2.75) is 0 Å². The number of nitrogens with two attached hydrogens (primary N) is 2. The molecule has 2 aliphatic heterocycles. The zero-order chi connectivity index (χ0) is 36.3. The van der Waals surface area contributed by atoms with Crippen LogP contribution in [0.1, 0.15) is 41.4 Å². The zero-order valence-electron chi connectivity index (χ0n) is 28.0. The summed E-state index contributed by atoms with van der Waals surface area (Å²) >= 11 is 0. The first-order valence-electron chi connectivity index (χ1n) is 16.3. The largest absolute Gasteiger partial charge is 0.496 e. The maximum Gasteiger partial charge on any atom is 0.266 e. The summed E-state index contributed by atoms with van der Waals surface area (Å²) in [5.41, 5.74) is 19.3. The Morgan fingerprint density at radius 3 is 1.38 bits per heavy atom. The Morgan fingerprint density at radius 2 is 0.846 bits per heavy atom. The molecule has 254 valence electrons. The average molecular weight is 687 g/mol. The number of hydrogen-bond acceptors (Lipinski definition) is 8. The number of nitrogen functional groups attached to an aromatic ring is 2.